The minimum Gasteiger partial charge on any atom is -0.481 e. The van der Waals surface area contributed by atoms with E-state index in [0.29, 0.717) is 17.2 Å². The quantitative estimate of drug-likeness (QED) is 0.159. The summed E-state index contributed by atoms with van der Waals surface area (Å²) in [7, 11) is 3.33. The lowest BCUT2D eigenvalue weighted by atomic mass is 9.88. The van der Waals surface area contributed by atoms with Gasteiger partial charge in [0.25, 0.3) is 11.5 Å². The van der Waals surface area contributed by atoms with Crippen molar-refractivity contribution in [1.29, 1.82) is 0 Å². The molecule has 0 spiro atoms. The van der Waals surface area contributed by atoms with Gasteiger partial charge in [-0.05, 0) is 88.0 Å². The fourth-order valence-corrected chi connectivity index (χ4v) is 5.65. The highest BCUT2D eigenvalue weighted by Gasteiger charge is 2.35. The molecule has 1 heterocycles. The molecule has 260 valence electrons. The maximum absolute atomic E-state index is 16.2. The monoisotopic (exact) mass is 679 g/mol. The van der Waals surface area contributed by atoms with Gasteiger partial charge in [-0.3, -0.25) is 14.4 Å². The zero-order valence-electron chi connectivity index (χ0n) is 27.8. The Morgan fingerprint density at radius 2 is 1.65 bits per heavy atom. The number of rotatable bonds is 12. The Morgan fingerprint density at radius 3 is 2.19 bits per heavy atom. The van der Waals surface area contributed by atoms with E-state index in [-0.39, 0.29) is 47.6 Å². The number of hydrogen-bond donors (Lipinski definition) is 1. The average molecular weight is 680 g/mol. The molecule has 0 aliphatic rings. The van der Waals surface area contributed by atoms with Crippen LogP contribution in [0.5, 0.6) is 0 Å². The van der Waals surface area contributed by atoms with E-state index in [2.05, 4.69) is 4.99 Å². The van der Waals surface area contributed by atoms with Crippen LogP contribution in [-0.4, -0.2) is 53.3 Å². The van der Waals surface area contributed by atoms with E-state index in [1.54, 1.807) is 52.8 Å². The smallest absolute Gasteiger partial charge is 0.416 e. The first-order chi connectivity index (χ1) is 22.2. The fourth-order valence-electron chi connectivity index (χ4n) is 5.65. The largest absolute Gasteiger partial charge is 0.481 e. The van der Waals surface area contributed by atoms with Gasteiger partial charge in [-0.25, -0.2) is 18.2 Å². The van der Waals surface area contributed by atoms with Crippen LogP contribution in [0.1, 0.15) is 72.0 Å². The van der Waals surface area contributed by atoms with E-state index in [0.717, 1.165) is 23.0 Å². The van der Waals surface area contributed by atoms with Crippen LogP contribution in [0, 0.1) is 44.1 Å². The Morgan fingerprint density at radius 1 is 1.00 bits per heavy atom. The molecular formula is C35H39F6N3O4. The Labute approximate surface area is 274 Å². The van der Waals surface area contributed by atoms with Gasteiger partial charge in [0.15, 0.2) is 0 Å². The molecule has 2 aromatic carbocycles. The lowest BCUT2D eigenvalue weighted by molar-refractivity contribution is -0.138. The summed E-state index contributed by atoms with van der Waals surface area (Å²) in [5.74, 6) is -7.56. The summed E-state index contributed by atoms with van der Waals surface area (Å²) in [5, 5.41) is 9.63. The Balaban J connectivity index is 2.18. The number of hydrogen-bond acceptors (Lipinski definition) is 4. The third kappa shape index (κ3) is 9.00. The molecule has 1 amide bonds. The summed E-state index contributed by atoms with van der Waals surface area (Å²) < 4.78 is 89.2. The molecule has 3 aromatic rings. The van der Waals surface area contributed by atoms with E-state index in [4.69, 9.17) is 0 Å². The molecule has 2 unspecified atom stereocenters. The first-order valence-electron chi connectivity index (χ1n) is 15.2. The topological polar surface area (TPSA) is 92.0 Å². The summed E-state index contributed by atoms with van der Waals surface area (Å²) >= 11 is 0. The zero-order chi connectivity index (χ0) is 36.2. The number of nitrogens with zero attached hydrogens (tertiary/aromatic N) is 3. The van der Waals surface area contributed by atoms with Crippen molar-refractivity contribution in [1.82, 2.24) is 9.47 Å². The molecule has 0 radical (unpaired) electrons. The SMILES string of the molecule is Cc1cc(C)c(-c2cc(C)c(F)c(C(C=NC(=O)C(CC(C)C)n3cc(CCN(C)C)c(C(F)(F)F)cc3=O)CC(=O)O)c2F)c(F)c1. The van der Waals surface area contributed by atoms with Gasteiger partial charge in [0.05, 0.1) is 12.0 Å². The number of carbonyl (C=O) groups is 2. The molecule has 3 rings (SSSR count). The van der Waals surface area contributed by atoms with Gasteiger partial charge in [-0.15, -0.1) is 0 Å². The number of aryl methyl sites for hydroxylation is 3. The molecule has 1 aromatic heterocycles. The number of carboxylic acids is 1. The number of aromatic nitrogens is 1. The van der Waals surface area contributed by atoms with E-state index >= 15 is 13.2 Å². The van der Waals surface area contributed by atoms with Gasteiger partial charge >= 0.3 is 12.1 Å². The summed E-state index contributed by atoms with van der Waals surface area (Å²) in [4.78, 5) is 44.0. The summed E-state index contributed by atoms with van der Waals surface area (Å²) in [5.41, 5.74) is -2.87. The van der Waals surface area contributed by atoms with Crippen molar-refractivity contribution in [2.45, 2.75) is 72.0 Å². The molecule has 0 aliphatic carbocycles. The fraction of sp³-hybridized carbons (Fsp3) is 0.429. The highest BCUT2D eigenvalue weighted by Crippen LogP contribution is 2.37. The van der Waals surface area contributed by atoms with Crippen molar-refractivity contribution < 1.29 is 41.0 Å². The maximum atomic E-state index is 16.2. The minimum atomic E-state index is -4.83. The third-order valence-corrected chi connectivity index (χ3v) is 7.88. The van der Waals surface area contributed by atoms with E-state index in [1.807, 2.05) is 0 Å². The molecule has 7 nitrogen and oxygen atoms in total. The van der Waals surface area contributed by atoms with Crippen molar-refractivity contribution in [3.05, 3.63) is 91.6 Å². The van der Waals surface area contributed by atoms with Crippen molar-refractivity contribution in [3.8, 4) is 11.1 Å². The number of amides is 1. The number of alkyl halides is 3. The Hall–Kier alpha value is -4.26. The lowest BCUT2D eigenvalue weighted by Gasteiger charge is -2.22. The van der Waals surface area contributed by atoms with Crippen LogP contribution in [-0.2, 0) is 22.2 Å². The molecule has 13 heteroatoms. The Bertz CT molecular complexity index is 1760. The first kappa shape index (κ1) is 38.2. The van der Waals surface area contributed by atoms with Crippen LogP contribution < -0.4 is 5.56 Å². The highest BCUT2D eigenvalue weighted by atomic mass is 19.4. The van der Waals surface area contributed by atoms with Crippen LogP contribution in [0.2, 0.25) is 0 Å². The first-order valence-corrected chi connectivity index (χ1v) is 15.2. The molecular weight excluding hydrogens is 640 g/mol. The molecule has 0 aliphatic heterocycles. The molecule has 48 heavy (non-hydrogen) atoms. The predicted molar refractivity (Wildman–Crippen MR) is 171 cm³/mol. The molecule has 1 N–H and O–H groups in total. The number of carbonyl (C=O) groups excluding carboxylic acids is 1. The number of aliphatic imine (C=N–C) groups is 1. The van der Waals surface area contributed by atoms with Crippen LogP contribution in [0.25, 0.3) is 11.1 Å². The van der Waals surface area contributed by atoms with Gasteiger partial charge in [-0.2, -0.15) is 13.2 Å². The van der Waals surface area contributed by atoms with Crippen LogP contribution in [0.15, 0.2) is 40.2 Å². The van der Waals surface area contributed by atoms with Gasteiger partial charge in [0, 0.05) is 47.6 Å². The number of pyridine rings is 1. The van der Waals surface area contributed by atoms with Crippen molar-refractivity contribution in [3.63, 3.8) is 0 Å². The second-order valence-corrected chi connectivity index (χ2v) is 12.7. The number of likely N-dealkylation sites (N-methyl/N-ethyl adjacent to an activating group) is 1. The minimum absolute atomic E-state index is 0.0402. The molecule has 0 fully saturated rings. The normalized spacial score (nSPS) is 13.5. The van der Waals surface area contributed by atoms with E-state index in [1.165, 1.54) is 13.0 Å². The van der Waals surface area contributed by atoms with Crippen molar-refractivity contribution in [2.75, 3.05) is 20.6 Å². The number of carboxylic acid groups (broad SMARTS) is 1. The summed E-state index contributed by atoms with van der Waals surface area (Å²) in [6.45, 7) is 8.12. The average Bonchev–Trinajstić information content (AvgIpc) is 2.95. The molecule has 0 saturated heterocycles. The summed E-state index contributed by atoms with van der Waals surface area (Å²) in [6, 6.07) is 2.91. The number of aliphatic carboxylic acids is 1. The van der Waals surface area contributed by atoms with Gasteiger partial charge in [0.1, 0.15) is 23.5 Å². The Kier molecular flexibility index (Phi) is 12.2. The predicted octanol–water partition coefficient (Wildman–Crippen LogP) is 7.42. The number of halogens is 6. The van der Waals surface area contributed by atoms with Crippen LogP contribution >= 0.6 is 0 Å². The second kappa shape index (κ2) is 15.3. The van der Waals surface area contributed by atoms with Gasteiger partial charge in [-0.1, -0.05) is 19.9 Å². The second-order valence-electron chi connectivity index (χ2n) is 12.7. The number of benzene rings is 2. The molecule has 0 saturated carbocycles. The van der Waals surface area contributed by atoms with E-state index < -0.39 is 70.6 Å². The van der Waals surface area contributed by atoms with Crippen LogP contribution in [0.4, 0.5) is 26.3 Å². The standard InChI is InChI=1S/C35H39F6N3O4/c1-18(2)10-27(44-17-22(8-9-43(6)7)25(15-28(44)45)35(39,40)41)34(48)42-16-23(14-29(46)47)31-32(37)21(5)13-24(33(31)38)30-20(4)11-19(3)12-26(30)36/h11-13,15-18,23,27H,8-10,14H2,1-7H3,(H,46,47). The van der Waals surface area contributed by atoms with Crippen molar-refractivity contribution in [2.24, 2.45) is 10.9 Å². The van der Waals surface area contributed by atoms with E-state index in [9.17, 15) is 32.7 Å². The lowest BCUT2D eigenvalue weighted by Crippen LogP contribution is -2.32. The molecule has 0 bridgehead atoms. The summed E-state index contributed by atoms with van der Waals surface area (Å²) in [6.07, 6.45) is -4.14. The van der Waals surface area contributed by atoms with Gasteiger partial charge in [0.2, 0.25) is 0 Å². The van der Waals surface area contributed by atoms with Crippen molar-refractivity contribution >= 4 is 18.1 Å². The highest BCUT2D eigenvalue weighted by molar-refractivity contribution is 5.91. The third-order valence-electron chi connectivity index (χ3n) is 7.88. The van der Waals surface area contributed by atoms with Crippen LogP contribution in [0.3, 0.4) is 0 Å². The maximum Gasteiger partial charge on any atom is 0.416 e. The zero-order valence-corrected chi connectivity index (χ0v) is 27.8. The molecule has 2 atom stereocenters. The van der Waals surface area contributed by atoms with Gasteiger partial charge < -0.3 is 14.6 Å².